The third kappa shape index (κ3) is 11.3. The lowest BCUT2D eigenvalue weighted by molar-refractivity contribution is -0.141. The SMILES string of the molecule is CN[C@H](C(=O)NC(C(=O)N(C)[C@H](/C=C(\C)C(=O)N[C@@H](CC(=O)O)C(=O)NCCN1C(=O)C=CC1=O)C(C)C)C(C)(C)C)C(C)(C)c1ccccc1. The van der Waals surface area contributed by atoms with Crippen LogP contribution < -0.4 is 21.3 Å². The molecule has 1 aliphatic heterocycles. The number of aliphatic carboxylic acids is 1. The third-order valence-electron chi connectivity index (χ3n) is 8.98. The summed E-state index contributed by atoms with van der Waals surface area (Å²) in [5.41, 5.74) is -0.238. The summed E-state index contributed by atoms with van der Waals surface area (Å²) in [6.45, 7) is 14.4. The van der Waals surface area contributed by atoms with E-state index in [0.29, 0.717) is 0 Å². The number of nitrogens with zero attached hydrogens (tertiary/aromatic N) is 2. The molecular formula is C37H54N6O8. The molecule has 0 aromatic heterocycles. The highest BCUT2D eigenvalue weighted by atomic mass is 16.4. The van der Waals surface area contributed by atoms with Crippen LogP contribution >= 0.6 is 0 Å². The fraction of sp³-hybridized carbons (Fsp3) is 0.541. The maximum Gasteiger partial charge on any atom is 0.305 e. The highest BCUT2D eigenvalue weighted by Crippen LogP contribution is 2.29. The average molecular weight is 711 g/mol. The van der Waals surface area contributed by atoms with Crippen LogP contribution in [0, 0.1) is 11.3 Å². The number of carbonyl (C=O) groups is 7. The van der Waals surface area contributed by atoms with E-state index in [-0.39, 0.29) is 36.4 Å². The molecule has 14 heteroatoms. The molecule has 280 valence electrons. The number of benzene rings is 1. The third-order valence-corrected chi connectivity index (χ3v) is 8.98. The van der Waals surface area contributed by atoms with Gasteiger partial charge in [0.05, 0.1) is 18.5 Å². The number of nitrogens with one attached hydrogen (secondary N) is 4. The molecule has 0 bridgehead atoms. The Morgan fingerprint density at radius 3 is 1.96 bits per heavy atom. The van der Waals surface area contributed by atoms with E-state index >= 15 is 0 Å². The first-order valence-electron chi connectivity index (χ1n) is 17.0. The van der Waals surface area contributed by atoms with Crippen LogP contribution in [0.3, 0.4) is 0 Å². The van der Waals surface area contributed by atoms with E-state index in [1.165, 1.54) is 11.8 Å². The normalized spacial score (nSPS) is 16.0. The number of carboxylic acid groups (broad SMARTS) is 1. The Hall–Kier alpha value is -4.85. The maximum atomic E-state index is 14.2. The summed E-state index contributed by atoms with van der Waals surface area (Å²) >= 11 is 0. The molecule has 1 heterocycles. The van der Waals surface area contributed by atoms with Gasteiger partial charge in [0.25, 0.3) is 11.8 Å². The summed E-state index contributed by atoms with van der Waals surface area (Å²) in [5.74, 6) is -4.84. The van der Waals surface area contributed by atoms with Gasteiger partial charge >= 0.3 is 5.97 Å². The molecule has 1 aromatic rings. The first-order chi connectivity index (χ1) is 23.6. The Bertz CT molecular complexity index is 1510. The number of imide groups is 1. The molecule has 0 spiro atoms. The number of amides is 6. The van der Waals surface area contributed by atoms with Gasteiger partial charge in [-0.2, -0.15) is 0 Å². The second kappa shape index (κ2) is 17.9. The second-order valence-corrected chi connectivity index (χ2v) is 14.7. The van der Waals surface area contributed by atoms with Gasteiger partial charge in [-0.3, -0.25) is 38.5 Å². The second-order valence-electron chi connectivity index (χ2n) is 14.7. The van der Waals surface area contributed by atoms with Crippen LogP contribution in [0.2, 0.25) is 0 Å². The van der Waals surface area contributed by atoms with Gasteiger partial charge in [0.1, 0.15) is 12.1 Å². The molecule has 6 amide bonds. The molecule has 51 heavy (non-hydrogen) atoms. The van der Waals surface area contributed by atoms with Crippen molar-refractivity contribution in [3.63, 3.8) is 0 Å². The van der Waals surface area contributed by atoms with E-state index in [9.17, 15) is 38.7 Å². The quantitative estimate of drug-likeness (QED) is 0.118. The van der Waals surface area contributed by atoms with Crippen molar-refractivity contribution in [3.8, 4) is 0 Å². The van der Waals surface area contributed by atoms with Gasteiger partial charge in [0.15, 0.2) is 0 Å². The summed E-state index contributed by atoms with van der Waals surface area (Å²) in [4.78, 5) is 91.6. The Balaban J connectivity index is 2.24. The van der Waals surface area contributed by atoms with Gasteiger partial charge in [-0.05, 0) is 30.9 Å². The Morgan fingerprint density at radius 1 is 0.902 bits per heavy atom. The van der Waals surface area contributed by atoms with Crippen LogP contribution in [-0.2, 0) is 39.0 Å². The van der Waals surface area contributed by atoms with Crippen molar-refractivity contribution in [1.82, 2.24) is 31.1 Å². The number of likely N-dealkylation sites (N-methyl/N-ethyl adjacent to an activating group) is 2. The molecule has 1 aliphatic rings. The maximum absolute atomic E-state index is 14.2. The monoisotopic (exact) mass is 710 g/mol. The molecule has 4 atom stereocenters. The first kappa shape index (κ1) is 42.3. The summed E-state index contributed by atoms with van der Waals surface area (Å²) in [7, 11) is 3.29. The van der Waals surface area contributed by atoms with Crippen molar-refractivity contribution in [2.75, 3.05) is 27.2 Å². The zero-order valence-corrected chi connectivity index (χ0v) is 31.3. The highest BCUT2D eigenvalue weighted by molar-refractivity contribution is 6.12. The predicted octanol–water partition coefficient (Wildman–Crippen LogP) is 1.51. The molecule has 0 saturated heterocycles. The zero-order chi connectivity index (χ0) is 38.8. The van der Waals surface area contributed by atoms with Crippen molar-refractivity contribution in [2.45, 2.75) is 91.4 Å². The number of carboxylic acids is 1. The van der Waals surface area contributed by atoms with E-state index < -0.39 is 71.0 Å². The van der Waals surface area contributed by atoms with Gasteiger partial charge in [0, 0.05) is 43.3 Å². The largest absolute Gasteiger partial charge is 0.481 e. The van der Waals surface area contributed by atoms with Crippen LogP contribution in [0.5, 0.6) is 0 Å². The zero-order valence-electron chi connectivity index (χ0n) is 31.3. The molecule has 2 rings (SSSR count). The molecule has 1 unspecified atom stereocenters. The van der Waals surface area contributed by atoms with Gasteiger partial charge in [0.2, 0.25) is 23.6 Å². The Morgan fingerprint density at radius 2 is 1.47 bits per heavy atom. The number of carbonyl (C=O) groups excluding carboxylic acids is 6. The van der Waals surface area contributed by atoms with E-state index in [4.69, 9.17) is 0 Å². The lowest BCUT2D eigenvalue weighted by Gasteiger charge is -2.40. The molecule has 0 radical (unpaired) electrons. The molecule has 14 nitrogen and oxygen atoms in total. The van der Waals surface area contributed by atoms with Crippen LogP contribution in [0.15, 0.2) is 54.1 Å². The van der Waals surface area contributed by atoms with Crippen LogP contribution in [0.1, 0.15) is 67.4 Å². The Kier molecular flexibility index (Phi) is 14.8. The van der Waals surface area contributed by atoms with Gasteiger partial charge in [-0.25, -0.2) is 0 Å². The number of hydrogen-bond donors (Lipinski definition) is 5. The lowest BCUT2D eigenvalue weighted by Crippen LogP contribution is -2.61. The number of rotatable bonds is 17. The minimum atomic E-state index is -1.46. The van der Waals surface area contributed by atoms with Gasteiger partial charge in [-0.15, -0.1) is 0 Å². The minimum Gasteiger partial charge on any atom is -0.481 e. The molecule has 0 aliphatic carbocycles. The van der Waals surface area contributed by atoms with Crippen molar-refractivity contribution in [3.05, 3.63) is 59.7 Å². The van der Waals surface area contributed by atoms with Gasteiger partial charge in [-0.1, -0.05) is 84.9 Å². The smallest absolute Gasteiger partial charge is 0.305 e. The number of hydrogen-bond acceptors (Lipinski definition) is 8. The fourth-order valence-electron chi connectivity index (χ4n) is 5.88. The van der Waals surface area contributed by atoms with Crippen LogP contribution in [-0.4, -0.2) is 108 Å². The molecule has 5 N–H and O–H groups in total. The molecular weight excluding hydrogens is 656 g/mol. The predicted molar refractivity (Wildman–Crippen MR) is 192 cm³/mol. The van der Waals surface area contributed by atoms with Crippen molar-refractivity contribution < 1.29 is 38.7 Å². The van der Waals surface area contributed by atoms with Crippen molar-refractivity contribution in [2.24, 2.45) is 11.3 Å². The van der Waals surface area contributed by atoms with Crippen molar-refractivity contribution >= 4 is 41.4 Å². The molecule has 0 fully saturated rings. The van der Waals surface area contributed by atoms with E-state index in [1.54, 1.807) is 20.2 Å². The van der Waals surface area contributed by atoms with E-state index in [1.807, 2.05) is 78.8 Å². The summed E-state index contributed by atoms with van der Waals surface area (Å²) in [6, 6.07) is 5.92. The van der Waals surface area contributed by atoms with Crippen molar-refractivity contribution in [1.29, 1.82) is 0 Å². The summed E-state index contributed by atoms with van der Waals surface area (Å²) in [5, 5.41) is 20.4. The van der Waals surface area contributed by atoms with E-state index in [2.05, 4.69) is 21.3 Å². The van der Waals surface area contributed by atoms with Crippen LogP contribution in [0.4, 0.5) is 0 Å². The lowest BCUT2D eigenvalue weighted by atomic mass is 9.76. The van der Waals surface area contributed by atoms with E-state index in [0.717, 1.165) is 22.6 Å². The fourth-order valence-corrected chi connectivity index (χ4v) is 5.88. The molecule has 1 aromatic carbocycles. The first-order valence-corrected chi connectivity index (χ1v) is 17.0. The average Bonchev–Trinajstić information content (AvgIpc) is 3.37. The molecule has 0 saturated carbocycles. The highest BCUT2D eigenvalue weighted by Gasteiger charge is 2.41. The minimum absolute atomic E-state index is 0.129. The summed E-state index contributed by atoms with van der Waals surface area (Å²) < 4.78 is 0. The topological polar surface area (TPSA) is 194 Å². The summed E-state index contributed by atoms with van der Waals surface area (Å²) in [6.07, 6.45) is 3.06. The van der Waals surface area contributed by atoms with Crippen LogP contribution in [0.25, 0.3) is 0 Å². The Labute approximate surface area is 300 Å². The van der Waals surface area contributed by atoms with Gasteiger partial charge < -0.3 is 31.3 Å². The standard InChI is InChI=1S/C37H54N6O8/c1-22(2)26(20-23(3)32(48)40-25(21-29(46)47)33(49)39-18-19-43-27(44)16-17-28(43)45)42(10)35(51)31(36(4,5)6)41-34(50)30(38-9)37(7,8)24-14-12-11-13-15-24/h11-17,20,22,25-26,30-31,38H,18-19,21H2,1-10H3,(H,39,49)(H,40,48)(H,41,50)(H,46,47)/b23-20+/t25-,26+,30+,31?/m0/s1.